The zero-order valence-corrected chi connectivity index (χ0v) is 20.6. The molecule has 0 fully saturated rings. The van der Waals surface area contributed by atoms with Crippen LogP contribution < -0.4 is 0 Å². The van der Waals surface area contributed by atoms with Gasteiger partial charge in [-0.25, -0.2) is 0 Å². The van der Waals surface area contributed by atoms with Crippen LogP contribution in [0.4, 0.5) is 0 Å². The van der Waals surface area contributed by atoms with Gasteiger partial charge in [-0.2, -0.15) is 0 Å². The van der Waals surface area contributed by atoms with Crippen molar-refractivity contribution in [3.8, 4) is 22.4 Å². The van der Waals surface area contributed by atoms with Gasteiger partial charge < -0.3 is 4.42 Å². The van der Waals surface area contributed by atoms with Crippen LogP contribution in [0.2, 0.25) is 0 Å². The number of aryl methyl sites for hydroxylation is 1. The fourth-order valence-corrected chi connectivity index (χ4v) is 5.60. The lowest BCUT2D eigenvalue weighted by molar-refractivity contribution is 0.410. The van der Waals surface area contributed by atoms with Gasteiger partial charge in [-0.3, -0.25) is 4.98 Å². The summed E-state index contributed by atoms with van der Waals surface area (Å²) in [6.07, 6.45) is 0.282. The summed E-state index contributed by atoms with van der Waals surface area (Å²) in [5, 5.41) is 4.12. The van der Waals surface area contributed by atoms with E-state index >= 15 is 0 Å². The van der Waals surface area contributed by atoms with E-state index in [9.17, 15) is 0 Å². The Morgan fingerprint density at radius 3 is 2.56 bits per heavy atom. The molecule has 6 aromatic rings. The van der Waals surface area contributed by atoms with Crippen LogP contribution in [0.1, 0.15) is 49.9 Å². The van der Waals surface area contributed by atoms with Crippen molar-refractivity contribution in [2.45, 2.75) is 40.4 Å². The molecular weight excluding hydrogens is 438 g/mol. The maximum Gasteiger partial charge on any atom is 0.144 e. The summed E-state index contributed by atoms with van der Waals surface area (Å²) in [6, 6.07) is 24.6. The van der Waals surface area contributed by atoms with Crippen molar-refractivity contribution in [3.05, 3.63) is 101 Å². The standard InChI is InChI=1S/C34H29NO/c1-20-19-35-29(17-24(20)18-34(2,3)4)28-11-7-10-26-27-15-14-21-12-13-23-16-22-8-5-6-9-25(22)30(23)31(21)33(27)36-32(26)28/h5-15,17,19H,16,18H2,1-4H3/i1D3,18D2. The molecule has 4 aromatic carbocycles. The molecule has 0 radical (unpaired) electrons. The molecule has 0 saturated carbocycles. The van der Waals surface area contributed by atoms with Crippen molar-refractivity contribution in [1.82, 2.24) is 4.98 Å². The Bertz CT molecular complexity index is 2030. The molecule has 176 valence electrons. The molecule has 36 heavy (non-hydrogen) atoms. The molecule has 7 rings (SSSR count). The van der Waals surface area contributed by atoms with Gasteiger partial charge in [0.15, 0.2) is 0 Å². The number of fused-ring (bicyclic) bond motifs is 9. The van der Waals surface area contributed by atoms with E-state index in [4.69, 9.17) is 11.3 Å². The number of hydrogen-bond donors (Lipinski definition) is 0. The van der Waals surface area contributed by atoms with E-state index in [1.165, 1.54) is 28.5 Å². The zero-order chi connectivity index (χ0) is 28.9. The van der Waals surface area contributed by atoms with Crippen molar-refractivity contribution < 1.29 is 11.3 Å². The van der Waals surface area contributed by atoms with Gasteiger partial charge in [0.2, 0.25) is 0 Å². The molecule has 1 aliphatic carbocycles. The molecule has 0 atom stereocenters. The molecule has 2 heteroatoms. The molecule has 0 saturated heterocycles. The van der Waals surface area contributed by atoms with E-state index in [1.54, 1.807) is 26.8 Å². The average Bonchev–Trinajstić information content (AvgIpc) is 3.50. The number of aromatic nitrogens is 1. The van der Waals surface area contributed by atoms with Gasteiger partial charge in [0.25, 0.3) is 0 Å². The average molecular weight is 473 g/mol. The molecular formula is C34H29NO. The minimum Gasteiger partial charge on any atom is -0.455 e. The van der Waals surface area contributed by atoms with Gasteiger partial charge >= 0.3 is 0 Å². The van der Waals surface area contributed by atoms with Gasteiger partial charge in [-0.15, -0.1) is 0 Å². The Balaban J connectivity index is 1.51. The molecule has 2 nitrogen and oxygen atoms in total. The Morgan fingerprint density at radius 1 is 0.889 bits per heavy atom. The summed E-state index contributed by atoms with van der Waals surface area (Å²) in [4.78, 5) is 4.56. The first-order chi connectivity index (χ1) is 19.4. The molecule has 0 spiro atoms. The number of hydrogen-bond acceptors (Lipinski definition) is 2. The van der Waals surface area contributed by atoms with Crippen molar-refractivity contribution in [1.29, 1.82) is 0 Å². The highest BCUT2D eigenvalue weighted by Gasteiger charge is 2.24. The van der Waals surface area contributed by atoms with Gasteiger partial charge in [0, 0.05) is 34.8 Å². The van der Waals surface area contributed by atoms with Gasteiger partial charge in [-0.1, -0.05) is 75.4 Å². The maximum absolute atomic E-state index is 8.94. The summed E-state index contributed by atoms with van der Waals surface area (Å²) in [5.41, 5.74) is 6.88. The lowest BCUT2D eigenvalue weighted by Crippen LogP contribution is -2.10. The molecule has 0 bridgehead atoms. The first-order valence-corrected chi connectivity index (χ1v) is 12.4. The van der Waals surface area contributed by atoms with Crippen LogP contribution in [0, 0.1) is 12.3 Å². The van der Waals surface area contributed by atoms with E-state index in [0.29, 0.717) is 16.8 Å². The SMILES string of the molecule is [2H]C([2H])([2H])c1cnc(-c2cccc3c2oc2c3ccc3ccc4c(c32)-c2ccccc2C4)cc1C([2H])([2H])C(C)(C)C. The Labute approximate surface area is 218 Å². The van der Waals surface area contributed by atoms with E-state index < -0.39 is 18.6 Å². The number of rotatable bonds is 2. The highest BCUT2D eigenvalue weighted by atomic mass is 16.3. The maximum atomic E-state index is 8.94. The van der Waals surface area contributed by atoms with Crippen molar-refractivity contribution >= 4 is 32.7 Å². The molecule has 0 N–H and O–H groups in total. The third-order valence-electron chi connectivity index (χ3n) is 7.09. The number of para-hydroxylation sites is 1. The van der Waals surface area contributed by atoms with Crippen molar-refractivity contribution in [2.75, 3.05) is 0 Å². The highest BCUT2D eigenvalue weighted by Crippen LogP contribution is 2.46. The van der Waals surface area contributed by atoms with E-state index in [-0.39, 0.29) is 11.1 Å². The summed E-state index contributed by atoms with van der Waals surface area (Å²) in [5.74, 6) is 0. The second kappa shape index (κ2) is 7.54. The molecule has 0 unspecified atom stereocenters. The largest absolute Gasteiger partial charge is 0.455 e. The van der Waals surface area contributed by atoms with E-state index in [2.05, 4.69) is 53.5 Å². The summed E-state index contributed by atoms with van der Waals surface area (Å²) < 4.78 is 48.8. The minimum absolute atomic E-state index is 0.0711. The topological polar surface area (TPSA) is 26.0 Å². The minimum atomic E-state index is -2.50. The summed E-state index contributed by atoms with van der Waals surface area (Å²) in [6.45, 7) is 2.83. The number of furan rings is 1. The lowest BCUT2D eigenvalue weighted by atomic mass is 9.86. The predicted molar refractivity (Wildman–Crippen MR) is 151 cm³/mol. The number of benzene rings is 4. The Kier molecular flexibility index (Phi) is 3.50. The first kappa shape index (κ1) is 16.7. The second-order valence-corrected chi connectivity index (χ2v) is 10.7. The molecule has 2 aromatic heterocycles. The monoisotopic (exact) mass is 472 g/mol. The summed E-state index contributed by atoms with van der Waals surface area (Å²) >= 11 is 0. The van der Waals surface area contributed by atoms with Crippen LogP contribution in [0.15, 0.2) is 83.4 Å². The van der Waals surface area contributed by atoms with Gasteiger partial charge in [-0.05, 0) is 82.0 Å². The van der Waals surface area contributed by atoms with E-state index in [0.717, 1.165) is 33.5 Å². The third kappa shape index (κ3) is 3.21. The smallest absolute Gasteiger partial charge is 0.144 e. The lowest BCUT2D eigenvalue weighted by Gasteiger charge is -2.20. The van der Waals surface area contributed by atoms with Gasteiger partial charge in [0.05, 0.1) is 5.69 Å². The Hall–Kier alpha value is -3.91. The second-order valence-electron chi connectivity index (χ2n) is 10.7. The quantitative estimate of drug-likeness (QED) is 0.250. The normalized spacial score (nSPS) is 15.8. The first-order valence-electron chi connectivity index (χ1n) is 14.9. The third-order valence-corrected chi connectivity index (χ3v) is 7.09. The van der Waals surface area contributed by atoms with Crippen LogP contribution >= 0.6 is 0 Å². The predicted octanol–water partition coefficient (Wildman–Crippen LogP) is 9.27. The van der Waals surface area contributed by atoms with Crippen LogP contribution in [-0.4, -0.2) is 4.98 Å². The van der Waals surface area contributed by atoms with Crippen LogP contribution in [0.25, 0.3) is 55.1 Å². The Morgan fingerprint density at radius 2 is 1.69 bits per heavy atom. The van der Waals surface area contributed by atoms with E-state index in [1.807, 2.05) is 18.2 Å². The fraction of sp³-hybridized carbons (Fsp3) is 0.206. The van der Waals surface area contributed by atoms with Crippen LogP contribution in [0.5, 0.6) is 0 Å². The highest BCUT2D eigenvalue weighted by molar-refractivity contribution is 6.21. The number of nitrogens with zero attached hydrogens (tertiary/aromatic N) is 1. The molecule has 2 heterocycles. The summed E-state index contributed by atoms with van der Waals surface area (Å²) in [7, 11) is 0. The number of pyridine rings is 1. The van der Waals surface area contributed by atoms with Gasteiger partial charge in [0.1, 0.15) is 11.2 Å². The van der Waals surface area contributed by atoms with Crippen molar-refractivity contribution in [2.24, 2.45) is 5.41 Å². The van der Waals surface area contributed by atoms with Crippen molar-refractivity contribution in [3.63, 3.8) is 0 Å². The van der Waals surface area contributed by atoms with Crippen LogP contribution in [-0.2, 0) is 12.8 Å². The van der Waals surface area contributed by atoms with Crippen LogP contribution in [0.3, 0.4) is 0 Å². The molecule has 1 aliphatic rings. The zero-order valence-electron chi connectivity index (χ0n) is 25.6. The molecule has 0 amide bonds. The fourth-order valence-electron chi connectivity index (χ4n) is 5.60. The molecule has 0 aliphatic heterocycles.